The zero-order valence-corrected chi connectivity index (χ0v) is 26.3. The van der Waals surface area contributed by atoms with Gasteiger partial charge < -0.3 is 0 Å². The zero-order valence-electron chi connectivity index (χ0n) is 24.1. The molecule has 3 fully saturated rings. The van der Waals surface area contributed by atoms with E-state index in [0.29, 0.717) is 17.3 Å². The molecule has 1 N–H and O–H groups in total. The van der Waals surface area contributed by atoms with Crippen molar-refractivity contribution in [2.75, 3.05) is 4.43 Å². The van der Waals surface area contributed by atoms with Crippen LogP contribution in [0.2, 0.25) is 0 Å². The molecule has 0 radical (unpaired) electrons. The summed E-state index contributed by atoms with van der Waals surface area (Å²) in [5, 5.41) is 12.9. The molecule has 42 heavy (non-hydrogen) atoms. The summed E-state index contributed by atoms with van der Waals surface area (Å²) in [7, 11) is 0. The minimum atomic E-state index is -1.32. The molecule has 6 nitrogen and oxygen atoms in total. The molecule has 0 amide bonds. The minimum absolute atomic E-state index is 0.00485. The Balaban J connectivity index is 1.33. The average molecular weight is 679 g/mol. The second-order valence-electron chi connectivity index (χ2n) is 12.6. The predicted octanol–water partition coefficient (Wildman–Crippen LogP) is 2.37. The molecule has 220 valence electrons. The number of carbonyl (C=O) groups is 3. The summed E-state index contributed by atoms with van der Waals surface area (Å²) in [5.74, 6) is -0.424. The van der Waals surface area contributed by atoms with Gasteiger partial charge in [0, 0.05) is 0 Å². The van der Waals surface area contributed by atoms with E-state index in [1.165, 1.54) is 18.2 Å². The molecule has 6 unspecified atom stereocenters. The second-order valence-corrected chi connectivity index (χ2v) is 15.2. The molecule has 1 heterocycles. The van der Waals surface area contributed by atoms with E-state index < -0.39 is 49.7 Å². The Hall–Kier alpha value is -2.91. The maximum absolute atomic E-state index is 14.4. The summed E-state index contributed by atoms with van der Waals surface area (Å²) in [6.07, 6.45) is 12.2. The summed E-state index contributed by atoms with van der Waals surface area (Å²) < 4.78 is 7.48. The fourth-order valence-corrected chi connectivity index (χ4v) is 10.9. The van der Waals surface area contributed by atoms with Crippen LogP contribution >= 0.6 is 0 Å². The van der Waals surface area contributed by atoms with E-state index in [1.807, 2.05) is 42.5 Å². The number of fused-ring (bicyclic) bond motifs is 6. The number of esters is 1. The Morgan fingerprint density at radius 1 is 1.19 bits per heavy atom. The summed E-state index contributed by atoms with van der Waals surface area (Å²) in [5.41, 5.74) is -0.436. The number of nitrogens with zero attached hydrogens (tertiary/aromatic N) is 1. The number of pyridine rings is 1. The number of aliphatic hydroxyl groups excluding tert-OH is 1. The van der Waals surface area contributed by atoms with Gasteiger partial charge in [0.25, 0.3) is 0 Å². The second kappa shape index (κ2) is 11.0. The number of hydrogen-bond donors (Lipinski definition) is 1. The number of ether oxygens (including phenoxy) is 1. The third-order valence-corrected chi connectivity index (χ3v) is 13.1. The third-order valence-electron chi connectivity index (χ3n) is 10.6. The van der Waals surface area contributed by atoms with Crippen LogP contribution in [0.3, 0.4) is 0 Å². The van der Waals surface area contributed by atoms with Gasteiger partial charge in [-0.1, -0.05) is 0 Å². The van der Waals surface area contributed by atoms with Crippen molar-refractivity contribution < 1.29 is 45.4 Å². The Morgan fingerprint density at radius 3 is 2.81 bits per heavy atom. The number of halogens is 1. The topological polar surface area (TPSA) is 93.6 Å². The summed E-state index contributed by atoms with van der Waals surface area (Å²) in [6, 6.07) is 12.0. The maximum atomic E-state index is 14.4. The number of ketones is 2. The van der Waals surface area contributed by atoms with E-state index in [1.54, 1.807) is 12.2 Å². The molecule has 0 saturated heterocycles. The molecule has 7 atom stereocenters. The van der Waals surface area contributed by atoms with Gasteiger partial charge in [-0.25, -0.2) is 0 Å². The van der Waals surface area contributed by atoms with Crippen molar-refractivity contribution in [1.82, 2.24) is 4.98 Å². The van der Waals surface area contributed by atoms with Gasteiger partial charge >= 0.3 is 258 Å². The molecular formula is C35H37INO5-. The molecule has 1 aromatic heterocycles. The van der Waals surface area contributed by atoms with Crippen molar-refractivity contribution in [3.05, 3.63) is 88.7 Å². The number of allylic oxidation sites excluding steroid dienone is 6. The number of hydrogen-bond acceptors (Lipinski definition) is 6. The van der Waals surface area contributed by atoms with E-state index in [9.17, 15) is 19.5 Å². The first kappa shape index (κ1) is 29.2. The van der Waals surface area contributed by atoms with Gasteiger partial charge in [0.1, 0.15) is 0 Å². The van der Waals surface area contributed by atoms with Crippen LogP contribution in [-0.4, -0.2) is 43.8 Å². The van der Waals surface area contributed by atoms with Gasteiger partial charge in [0.05, 0.1) is 0 Å². The van der Waals surface area contributed by atoms with Crippen LogP contribution in [0.25, 0.3) is 10.9 Å². The molecule has 1 aromatic carbocycles. The number of Topliss-reactive ketones (excluding diaryl/α,β-unsaturated/α-hetero) is 1. The third kappa shape index (κ3) is 4.64. The van der Waals surface area contributed by atoms with Crippen LogP contribution in [-0.2, 0) is 19.1 Å². The van der Waals surface area contributed by atoms with Crippen molar-refractivity contribution in [1.29, 1.82) is 0 Å². The normalized spacial score (nSPS) is 35.4. The van der Waals surface area contributed by atoms with Crippen LogP contribution < -0.4 is 21.2 Å². The van der Waals surface area contributed by atoms with Gasteiger partial charge in [-0.3, -0.25) is 0 Å². The fourth-order valence-electron chi connectivity index (χ4n) is 8.70. The molecular weight excluding hydrogens is 641 g/mol. The summed E-state index contributed by atoms with van der Waals surface area (Å²) in [4.78, 5) is 44.5. The van der Waals surface area contributed by atoms with E-state index in [4.69, 9.17) is 9.72 Å². The van der Waals surface area contributed by atoms with Crippen molar-refractivity contribution in [2.45, 2.75) is 57.7 Å². The van der Waals surface area contributed by atoms with Crippen LogP contribution in [0.5, 0.6) is 0 Å². The predicted molar refractivity (Wildman–Crippen MR) is 156 cm³/mol. The number of aromatic nitrogens is 1. The van der Waals surface area contributed by atoms with Gasteiger partial charge in [0.2, 0.25) is 0 Å². The first-order valence-electron chi connectivity index (χ1n) is 14.7. The molecule has 6 rings (SSSR count). The van der Waals surface area contributed by atoms with Gasteiger partial charge in [-0.05, 0) is 0 Å². The monoisotopic (exact) mass is 678 g/mol. The summed E-state index contributed by atoms with van der Waals surface area (Å²) >= 11 is -0.773. The van der Waals surface area contributed by atoms with Crippen molar-refractivity contribution in [3.8, 4) is 0 Å². The van der Waals surface area contributed by atoms with Crippen molar-refractivity contribution >= 4 is 28.4 Å². The van der Waals surface area contributed by atoms with E-state index in [0.717, 1.165) is 39.4 Å². The SMILES string of the molecule is C=CC=CC(=O)O[C@]1(C(=O)C[I-]c2ccc3ccccc3n2)CCC2C3CCC4=CC(=O)C=CC4(C)C3C(O)CC21C. The zero-order chi connectivity index (χ0) is 29.7. The number of para-hydroxylation sites is 1. The first-order chi connectivity index (χ1) is 20.1. The van der Waals surface area contributed by atoms with Crippen molar-refractivity contribution in [3.63, 3.8) is 0 Å². The van der Waals surface area contributed by atoms with Gasteiger partial charge in [-0.2, -0.15) is 0 Å². The number of rotatable bonds is 7. The Morgan fingerprint density at radius 2 is 2.00 bits per heavy atom. The summed E-state index contributed by atoms with van der Waals surface area (Å²) in [6.45, 7) is 7.85. The van der Waals surface area contributed by atoms with Crippen molar-refractivity contribution in [2.24, 2.45) is 28.6 Å². The molecule has 0 spiro atoms. The quantitative estimate of drug-likeness (QED) is 0.121. The average Bonchev–Trinajstić information content (AvgIpc) is 3.26. The molecule has 3 saturated carbocycles. The van der Waals surface area contributed by atoms with Gasteiger partial charge in [0.15, 0.2) is 0 Å². The van der Waals surface area contributed by atoms with E-state index in [-0.39, 0.29) is 29.3 Å². The van der Waals surface area contributed by atoms with E-state index >= 15 is 0 Å². The first-order valence-corrected chi connectivity index (χ1v) is 17.3. The van der Waals surface area contributed by atoms with Crippen LogP contribution in [0.15, 0.2) is 85.0 Å². The standard InChI is InChI=1S/C35H37INO5/c1-4-5-10-31(41)42-35(29(40)21-36-30-14-11-22-8-6-7-9-27(22)37-30)18-16-26-25-13-12-23-19-24(38)15-17-33(23,2)32(25)28(39)20-34(26,35)3/h4-11,14-15,17,19,25-26,28,32,39H,1,12-13,16,18,20-21H2,2-3H3/q-1/t25?,26?,28?,32?,33?,34?,35-/m0/s1. The van der Waals surface area contributed by atoms with E-state index in [2.05, 4.69) is 20.4 Å². The van der Waals surface area contributed by atoms with Crippen LogP contribution in [0, 0.1) is 32.3 Å². The fraction of sp³-hybridized carbons (Fsp3) is 0.429. The molecule has 0 aliphatic heterocycles. The molecule has 4 aliphatic carbocycles. The number of alkyl halides is 1. The number of benzene rings is 1. The molecule has 0 bridgehead atoms. The van der Waals surface area contributed by atoms with Gasteiger partial charge in [-0.15, -0.1) is 0 Å². The molecule has 4 aliphatic rings. The Bertz CT molecular complexity index is 1560. The van der Waals surface area contributed by atoms with Crippen LogP contribution in [0.1, 0.15) is 46.0 Å². The molecule has 7 heteroatoms. The Labute approximate surface area is 257 Å². The van der Waals surface area contributed by atoms with Crippen LogP contribution in [0.4, 0.5) is 0 Å². The number of carbonyl (C=O) groups excluding carboxylic acids is 3. The molecule has 2 aromatic rings. The number of aliphatic hydroxyl groups is 1. The Kier molecular flexibility index (Phi) is 7.63.